The van der Waals surface area contributed by atoms with Crippen molar-refractivity contribution in [1.82, 2.24) is 9.69 Å². The second-order valence-corrected chi connectivity index (χ2v) is 6.14. The highest BCUT2D eigenvalue weighted by Gasteiger charge is 2.12. The zero-order valence-corrected chi connectivity index (χ0v) is 14.8. The maximum Gasteiger partial charge on any atom is 0.263 e. The number of ether oxygens (including phenoxy) is 2. The van der Waals surface area contributed by atoms with Crippen molar-refractivity contribution in [2.45, 2.75) is 6.54 Å². The first-order valence-corrected chi connectivity index (χ1v) is 8.49. The lowest BCUT2D eigenvalue weighted by Crippen LogP contribution is -2.21. The number of amides is 1. The van der Waals surface area contributed by atoms with Crippen molar-refractivity contribution in [3.8, 4) is 22.8 Å². The molecule has 0 aliphatic carbocycles. The first-order valence-electron chi connectivity index (χ1n) is 7.72. The smallest absolute Gasteiger partial charge is 0.263 e. The molecular formula is C19H18N2O3S. The fraction of sp³-hybridized carbons (Fsp3) is 0.158. The number of nitrogens with one attached hydrogen (secondary N) is 1. The van der Waals surface area contributed by atoms with Crippen LogP contribution < -0.4 is 14.8 Å². The normalized spacial score (nSPS) is 10.3. The summed E-state index contributed by atoms with van der Waals surface area (Å²) in [7, 11) is 3.25. The van der Waals surface area contributed by atoms with Gasteiger partial charge in [0.15, 0.2) is 0 Å². The predicted octanol–water partition coefficient (Wildman–Crippen LogP) is 3.76. The minimum absolute atomic E-state index is 0.139. The Kier molecular flexibility index (Phi) is 5.30. The first kappa shape index (κ1) is 17.0. The lowest BCUT2D eigenvalue weighted by atomic mass is 10.1. The molecule has 0 fully saturated rings. The number of hydrogen-bond donors (Lipinski definition) is 1. The number of methoxy groups -OCH3 is 2. The molecule has 0 spiro atoms. The van der Waals surface area contributed by atoms with E-state index in [0.29, 0.717) is 11.4 Å². The molecule has 0 bridgehead atoms. The zero-order chi connectivity index (χ0) is 17.6. The van der Waals surface area contributed by atoms with E-state index in [9.17, 15) is 4.79 Å². The third kappa shape index (κ3) is 4.16. The van der Waals surface area contributed by atoms with Crippen LogP contribution in [0.2, 0.25) is 0 Å². The van der Waals surface area contributed by atoms with Gasteiger partial charge in [-0.3, -0.25) is 4.79 Å². The van der Waals surface area contributed by atoms with Gasteiger partial charge in [0, 0.05) is 12.1 Å². The van der Waals surface area contributed by atoms with Crippen LogP contribution in [0.5, 0.6) is 11.5 Å². The molecule has 1 N–H and O–H groups in total. The Bertz CT molecular complexity index is 859. The van der Waals surface area contributed by atoms with Crippen molar-refractivity contribution in [2.24, 2.45) is 0 Å². The standard InChI is InChI=1S/C19H18N2O3S/c1-23-15-8-6-14(7-9-15)17-11-18(25-21-17)19(22)20-12-13-4-3-5-16(10-13)24-2/h3-11H,12H2,1-2H3,(H,20,22). The van der Waals surface area contributed by atoms with Crippen molar-refractivity contribution in [3.63, 3.8) is 0 Å². The van der Waals surface area contributed by atoms with Gasteiger partial charge < -0.3 is 14.8 Å². The van der Waals surface area contributed by atoms with Crippen LogP contribution in [0.1, 0.15) is 15.2 Å². The Morgan fingerprint density at radius 3 is 2.52 bits per heavy atom. The molecule has 1 amide bonds. The third-order valence-electron chi connectivity index (χ3n) is 3.71. The third-order valence-corrected chi connectivity index (χ3v) is 4.49. The van der Waals surface area contributed by atoms with Gasteiger partial charge in [-0.05, 0) is 59.6 Å². The summed E-state index contributed by atoms with van der Waals surface area (Å²) in [5, 5.41) is 2.91. The van der Waals surface area contributed by atoms with Gasteiger partial charge in [-0.15, -0.1) is 0 Å². The van der Waals surface area contributed by atoms with Crippen LogP contribution in [0.15, 0.2) is 54.6 Å². The molecule has 3 rings (SSSR count). The van der Waals surface area contributed by atoms with Crippen LogP contribution >= 0.6 is 11.5 Å². The van der Waals surface area contributed by atoms with E-state index in [0.717, 1.165) is 28.3 Å². The van der Waals surface area contributed by atoms with Crippen LogP contribution in [-0.2, 0) is 6.54 Å². The summed E-state index contributed by atoms with van der Waals surface area (Å²) in [4.78, 5) is 12.9. The average Bonchev–Trinajstić information content (AvgIpc) is 3.16. The van der Waals surface area contributed by atoms with Crippen molar-refractivity contribution in [2.75, 3.05) is 14.2 Å². The molecule has 1 heterocycles. The van der Waals surface area contributed by atoms with Gasteiger partial charge in [0.2, 0.25) is 0 Å². The molecule has 0 saturated heterocycles. The highest BCUT2D eigenvalue weighted by atomic mass is 32.1. The van der Waals surface area contributed by atoms with E-state index in [4.69, 9.17) is 9.47 Å². The van der Waals surface area contributed by atoms with E-state index in [1.807, 2.05) is 48.5 Å². The number of benzene rings is 2. The van der Waals surface area contributed by atoms with Crippen LogP contribution in [0.4, 0.5) is 0 Å². The molecule has 5 nitrogen and oxygen atoms in total. The summed E-state index contributed by atoms with van der Waals surface area (Å²) >= 11 is 1.19. The molecular weight excluding hydrogens is 336 g/mol. The quantitative estimate of drug-likeness (QED) is 0.732. The number of hydrogen-bond acceptors (Lipinski definition) is 5. The second kappa shape index (κ2) is 7.81. The lowest BCUT2D eigenvalue weighted by Gasteiger charge is -2.05. The van der Waals surface area contributed by atoms with E-state index in [1.54, 1.807) is 20.3 Å². The Balaban J connectivity index is 1.65. The molecule has 2 aromatic carbocycles. The molecule has 0 aliphatic heterocycles. The molecule has 1 aromatic heterocycles. The number of nitrogens with zero attached hydrogens (tertiary/aromatic N) is 1. The fourth-order valence-electron chi connectivity index (χ4n) is 2.33. The zero-order valence-electron chi connectivity index (χ0n) is 14.0. The summed E-state index contributed by atoms with van der Waals surface area (Å²) in [6.07, 6.45) is 0. The molecule has 25 heavy (non-hydrogen) atoms. The monoisotopic (exact) mass is 354 g/mol. The SMILES string of the molecule is COc1ccc(-c2cc(C(=O)NCc3cccc(OC)c3)sn2)cc1. The highest BCUT2D eigenvalue weighted by Crippen LogP contribution is 2.24. The number of carbonyl (C=O) groups excluding carboxylic acids is 1. The van der Waals surface area contributed by atoms with Crippen molar-refractivity contribution < 1.29 is 14.3 Å². The van der Waals surface area contributed by atoms with Gasteiger partial charge in [0.25, 0.3) is 5.91 Å². The van der Waals surface area contributed by atoms with Crippen LogP contribution in [0.3, 0.4) is 0 Å². The summed E-state index contributed by atoms with van der Waals surface area (Å²) < 4.78 is 14.7. The van der Waals surface area contributed by atoms with E-state index in [2.05, 4.69) is 9.69 Å². The van der Waals surface area contributed by atoms with Gasteiger partial charge in [0.05, 0.1) is 19.9 Å². The summed E-state index contributed by atoms with van der Waals surface area (Å²) in [5.74, 6) is 1.42. The van der Waals surface area contributed by atoms with Gasteiger partial charge >= 0.3 is 0 Å². The number of aromatic nitrogens is 1. The average molecular weight is 354 g/mol. The van der Waals surface area contributed by atoms with Crippen LogP contribution in [-0.4, -0.2) is 24.5 Å². The summed E-state index contributed by atoms with van der Waals surface area (Å²) in [6.45, 7) is 0.436. The van der Waals surface area contributed by atoms with E-state index >= 15 is 0 Å². The molecule has 0 atom stereocenters. The number of rotatable bonds is 6. The lowest BCUT2D eigenvalue weighted by molar-refractivity contribution is 0.0955. The second-order valence-electron chi connectivity index (χ2n) is 5.34. The Morgan fingerprint density at radius 1 is 1.04 bits per heavy atom. The first-order chi connectivity index (χ1) is 12.2. The van der Waals surface area contributed by atoms with E-state index in [1.165, 1.54) is 11.5 Å². The molecule has 0 aliphatic rings. The van der Waals surface area contributed by atoms with Gasteiger partial charge in [-0.1, -0.05) is 12.1 Å². The maximum atomic E-state index is 12.3. The van der Waals surface area contributed by atoms with Crippen LogP contribution in [0, 0.1) is 0 Å². The molecule has 0 unspecified atom stereocenters. The number of carbonyl (C=O) groups is 1. The van der Waals surface area contributed by atoms with Gasteiger partial charge in [-0.2, -0.15) is 4.37 Å². The minimum Gasteiger partial charge on any atom is -0.497 e. The van der Waals surface area contributed by atoms with Gasteiger partial charge in [0.1, 0.15) is 16.4 Å². The largest absolute Gasteiger partial charge is 0.497 e. The summed E-state index contributed by atoms with van der Waals surface area (Å²) in [6, 6.07) is 17.0. The Labute approximate surface area is 150 Å². The Morgan fingerprint density at radius 2 is 1.80 bits per heavy atom. The predicted molar refractivity (Wildman–Crippen MR) is 98.3 cm³/mol. The molecule has 0 saturated carbocycles. The van der Waals surface area contributed by atoms with E-state index < -0.39 is 0 Å². The van der Waals surface area contributed by atoms with Crippen molar-refractivity contribution >= 4 is 17.4 Å². The van der Waals surface area contributed by atoms with E-state index in [-0.39, 0.29) is 5.91 Å². The minimum atomic E-state index is -0.139. The molecule has 128 valence electrons. The molecule has 0 radical (unpaired) electrons. The van der Waals surface area contributed by atoms with Crippen molar-refractivity contribution in [3.05, 3.63) is 65.0 Å². The van der Waals surface area contributed by atoms with Crippen molar-refractivity contribution in [1.29, 1.82) is 0 Å². The maximum absolute atomic E-state index is 12.3. The molecule has 6 heteroatoms. The highest BCUT2D eigenvalue weighted by molar-refractivity contribution is 7.08. The van der Waals surface area contributed by atoms with Crippen LogP contribution in [0.25, 0.3) is 11.3 Å². The van der Waals surface area contributed by atoms with Gasteiger partial charge in [-0.25, -0.2) is 0 Å². The fourth-order valence-corrected chi connectivity index (χ4v) is 3.01. The molecule has 3 aromatic rings. The topological polar surface area (TPSA) is 60.5 Å². The Hall–Kier alpha value is -2.86. The summed E-state index contributed by atoms with van der Waals surface area (Å²) in [5.41, 5.74) is 2.70.